The van der Waals surface area contributed by atoms with E-state index in [1.54, 1.807) is 7.05 Å². The molecule has 4 fully saturated rings. The van der Waals surface area contributed by atoms with Crippen molar-refractivity contribution in [3.63, 3.8) is 0 Å². The van der Waals surface area contributed by atoms with Gasteiger partial charge in [0.15, 0.2) is 0 Å². The number of nitrogens with zero attached hydrogens (tertiary/aromatic N) is 3. The standard InChI is InChI=1S/C27H38N4O3.ClH/c1-18(2)31-26(34)29(3)25(33)27(31)16-21-11-12-22(17-27)30(21)14-13-23(20-7-5-4-6-8-20)28-24(32)15-19-9-10-19;/h4-8,18-19,21-23H,9-17H2,1-3H3,(H,28,32);1H/t21?,22?,23-,27?;/m0./s1. The van der Waals surface area contributed by atoms with E-state index in [1.165, 1.54) is 17.7 Å². The zero-order valence-corrected chi connectivity index (χ0v) is 21.9. The molecule has 1 N–H and O–H groups in total. The largest absolute Gasteiger partial charge is 0.349 e. The fraction of sp³-hybridized carbons (Fsp3) is 0.667. The van der Waals surface area contributed by atoms with Crippen molar-refractivity contribution >= 4 is 30.3 Å². The second-order valence-electron chi connectivity index (χ2n) is 11.1. The summed E-state index contributed by atoms with van der Waals surface area (Å²) in [4.78, 5) is 44.5. The first-order valence-corrected chi connectivity index (χ1v) is 13.0. The number of amides is 4. The number of carbonyl (C=O) groups excluding carboxylic acids is 3. The number of rotatable bonds is 8. The summed E-state index contributed by atoms with van der Waals surface area (Å²) in [6.45, 7) is 4.90. The maximum atomic E-state index is 13.3. The third kappa shape index (κ3) is 4.82. The topological polar surface area (TPSA) is 73.0 Å². The Morgan fingerprint density at radius 3 is 2.26 bits per heavy atom. The maximum Gasteiger partial charge on any atom is 0.327 e. The number of nitrogens with one attached hydrogen (secondary N) is 1. The third-order valence-corrected chi connectivity index (χ3v) is 8.48. The number of halogens is 1. The second-order valence-corrected chi connectivity index (χ2v) is 11.1. The molecule has 1 saturated carbocycles. The molecule has 1 spiro atoms. The molecule has 3 atom stereocenters. The highest BCUT2D eigenvalue weighted by molar-refractivity contribution is 6.07. The van der Waals surface area contributed by atoms with Crippen LogP contribution in [0.2, 0.25) is 0 Å². The highest BCUT2D eigenvalue weighted by Gasteiger charge is 2.62. The molecule has 2 unspecified atom stereocenters. The molecule has 4 amide bonds. The Balaban J connectivity index is 0.00000289. The van der Waals surface area contributed by atoms with E-state index in [4.69, 9.17) is 0 Å². The summed E-state index contributed by atoms with van der Waals surface area (Å²) in [5, 5.41) is 3.30. The van der Waals surface area contributed by atoms with Crippen LogP contribution >= 0.6 is 12.4 Å². The van der Waals surface area contributed by atoms with E-state index in [0.29, 0.717) is 37.3 Å². The Morgan fingerprint density at radius 2 is 1.69 bits per heavy atom. The van der Waals surface area contributed by atoms with Crippen molar-refractivity contribution in [2.75, 3.05) is 13.6 Å². The number of imide groups is 1. The minimum Gasteiger partial charge on any atom is -0.349 e. The molecule has 4 aliphatic rings. The fourth-order valence-corrected chi connectivity index (χ4v) is 6.74. The fourth-order valence-electron chi connectivity index (χ4n) is 6.74. The Labute approximate surface area is 215 Å². The van der Waals surface area contributed by atoms with Crippen LogP contribution in [0.5, 0.6) is 0 Å². The maximum absolute atomic E-state index is 13.3. The molecule has 3 saturated heterocycles. The van der Waals surface area contributed by atoms with Crippen LogP contribution in [0, 0.1) is 5.92 Å². The van der Waals surface area contributed by atoms with Gasteiger partial charge in [-0.05, 0) is 70.3 Å². The van der Waals surface area contributed by atoms with Gasteiger partial charge in [-0.25, -0.2) is 4.79 Å². The number of urea groups is 1. The predicted octanol–water partition coefficient (Wildman–Crippen LogP) is 4.12. The van der Waals surface area contributed by atoms with Crippen LogP contribution in [0.15, 0.2) is 30.3 Å². The summed E-state index contributed by atoms with van der Waals surface area (Å²) < 4.78 is 0. The van der Waals surface area contributed by atoms with E-state index in [9.17, 15) is 14.4 Å². The van der Waals surface area contributed by atoms with E-state index < -0.39 is 5.54 Å². The molecule has 0 aromatic heterocycles. The molecule has 3 aliphatic heterocycles. The molecular formula is C27H39ClN4O3. The normalized spacial score (nSPS) is 29.1. The highest BCUT2D eigenvalue weighted by Crippen LogP contribution is 2.48. The van der Waals surface area contributed by atoms with Gasteiger partial charge in [-0.15, -0.1) is 12.4 Å². The lowest BCUT2D eigenvalue weighted by atomic mass is 9.80. The summed E-state index contributed by atoms with van der Waals surface area (Å²) in [7, 11) is 1.62. The van der Waals surface area contributed by atoms with E-state index in [1.807, 2.05) is 36.9 Å². The molecule has 1 aliphatic carbocycles. The van der Waals surface area contributed by atoms with Gasteiger partial charge in [-0.3, -0.25) is 19.4 Å². The minimum absolute atomic E-state index is 0. The molecule has 1 aromatic carbocycles. The first-order valence-electron chi connectivity index (χ1n) is 13.0. The summed E-state index contributed by atoms with van der Waals surface area (Å²) >= 11 is 0. The van der Waals surface area contributed by atoms with Crippen molar-refractivity contribution in [2.45, 2.75) is 94.9 Å². The van der Waals surface area contributed by atoms with E-state index in [2.05, 4.69) is 22.3 Å². The molecule has 5 rings (SSSR count). The monoisotopic (exact) mass is 502 g/mol. The van der Waals surface area contributed by atoms with Crippen molar-refractivity contribution in [3.8, 4) is 0 Å². The van der Waals surface area contributed by atoms with Gasteiger partial charge < -0.3 is 10.2 Å². The van der Waals surface area contributed by atoms with Crippen LogP contribution < -0.4 is 5.32 Å². The molecule has 3 heterocycles. The quantitative estimate of drug-likeness (QED) is 0.542. The van der Waals surface area contributed by atoms with Crippen LogP contribution in [-0.4, -0.2) is 69.8 Å². The van der Waals surface area contributed by atoms with Crippen LogP contribution in [-0.2, 0) is 9.59 Å². The molecule has 192 valence electrons. The lowest BCUT2D eigenvalue weighted by molar-refractivity contribution is -0.137. The number of likely N-dealkylation sites (N-methyl/N-ethyl adjacent to an activating group) is 1. The summed E-state index contributed by atoms with van der Waals surface area (Å²) in [6.07, 6.45) is 7.37. The second kappa shape index (κ2) is 10.1. The Bertz CT molecular complexity index is 937. The summed E-state index contributed by atoms with van der Waals surface area (Å²) in [5.41, 5.74) is 0.455. The Hall–Kier alpha value is -2.12. The highest BCUT2D eigenvalue weighted by atomic mass is 35.5. The van der Waals surface area contributed by atoms with Gasteiger partial charge >= 0.3 is 6.03 Å². The van der Waals surface area contributed by atoms with Crippen LogP contribution in [0.4, 0.5) is 4.79 Å². The molecule has 1 aromatic rings. The van der Waals surface area contributed by atoms with E-state index in [0.717, 1.165) is 31.4 Å². The number of fused-ring (bicyclic) bond motifs is 2. The number of piperidine rings is 1. The smallest absolute Gasteiger partial charge is 0.327 e. The number of carbonyl (C=O) groups is 3. The Kier molecular flexibility index (Phi) is 7.49. The lowest BCUT2D eigenvalue weighted by Gasteiger charge is -2.48. The van der Waals surface area contributed by atoms with Gasteiger partial charge in [0.2, 0.25) is 5.91 Å². The molecular weight excluding hydrogens is 464 g/mol. The van der Waals surface area contributed by atoms with Crippen LogP contribution in [0.3, 0.4) is 0 Å². The minimum atomic E-state index is -0.695. The molecule has 8 heteroatoms. The SMILES string of the molecule is CC(C)N1C(=O)N(C)C(=O)C12CC1CCC(C2)N1CC[C@H](NC(=O)CC1CC1)c1ccccc1.Cl. The van der Waals surface area contributed by atoms with Crippen molar-refractivity contribution in [1.29, 1.82) is 0 Å². The van der Waals surface area contributed by atoms with Crippen LogP contribution in [0.25, 0.3) is 0 Å². The van der Waals surface area contributed by atoms with Crippen LogP contribution in [0.1, 0.15) is 76.8 Å². The Morgan fingerprint density at radius 1 is 1.06 bits per heavy atom. The third-order valence-electron chi connectivity index (χ3n) is 8.48. The van der Waals surface area contributed by atoms with Crippen molar-refractivity contribution in [2.24, 2.45) is 5.92 Å². The summed E-state index contributed by atoms with van der Waals surface area (Å²) in [5.74, 6) is 0.694. The zero-order chi connectivity index (χ0) is 24.0. The van der Waals surface area contributed by atoms with Gasteiger partial charge in [0.05, 0.1) is 6.04 Å². The molecule has 35 heavy (non-hydrogen) atoms. The number of hydrogen-bond acceptors (Lipinski definition) is 4. The lowest BCUT2D eigenvalue weighted by Crippen LogP contribution is -2.61. The van der Waals surface area contributed by atoms with Crippen molar-refractivity contribution in [3.05, 3.63) is 35.9 Å². The number of hydrogen-bond donors (Lipinski definition) is 1. The van der Waals surface area contributed by atoms with Gasteiger partial charge in [0, 0.05) is 38.1 Å². The zero-order valence-electron chi connectivity index (χ0n) is 21.1. The van der Waals surface area contributed by atoms with Gasteiger partial charge in [-0.2, -0.15) is 0 Å². The first-order chi connectivity index (χ1) is 16.3. The average Bonchev–Trinajstić information content (AvgIpc) is 3.56. The first kappa shape index (κ1) is 26.0. The van der Waals surface area contributed by atoms with Gasteiger partial charge in [-0.1, -0.05) is 30.3 Å². The van der Waals surface area contributed by atoms with Crippen molar-refractivity contribution < 1.29 is 14.4 Å². The van der Waals surface area contributed by atoms with Gasteiger partial charge in [0.25, 0.3) is 5.91 Å². The number of benzene rings is 1. The molecule has 7 nitrogen and oxygen atoms in total. The predicted molar refractivity (Wildman–Crippen MR) is 137 cm³/mol. The average molecular weight is 503 g/mol. The molecule has 2 bridgehead atoms. The van der Waals surface area contributed by atoms with E-state index >= 15 is 0 Å². The van der Waals surface area contributed by atoms with Crippen molar-refractivity contribution in [1.82, 2.24) is 20.0 Å². The van der Waals surface area contributed by atoms with Gasteiger partial charge in [0.1, 0.15) is 5.54 Å². The molecule has 0 radical (unpaired) electrons. The van der Waals surface area contributed by atoms with E-state index in [-0.39, 0.29) is 42.3 Å². The summed E-state index contributed by atoms with van der Waals surface area (Å²) in [6, 6.07) is 10.7.